The number of benzene rings is 1. The van der Waals surface area contributed by atoms with Crippen LogP contribution in [0.2, 0.25) is 0 Å². The summed E-state index contributed by atoms with van der Waals surface area (Å²) in [4.78, 5) is 43.5. The topological polar surface area (TPSA) is 73.0 Å². The lowest BCUT2D eigenvalue weighted by Crippen LogP contribution is -2.55. The molecule has 3 aliphatic heterocycles. The van der Waals surface area contributed by atoms with Gasteiger partial charge in [0.1, 0.15) is 5.54 Å². The van der Waals surface area contributed by atoms with E-state index in [1.165, 1.54) is 10.5 Å². The summed E-state index contributed by atoms with van der Waals surface area (Å²) in [6, 6.07) is 9.96. The second-order valence-electron chi connectivity index (χ2n) is 8.41. The van der Waals surface area contributed by atoms with E-state index >= 15 is 0 Å². The van der Waals surface area contributed by atoms with Gasteiger partial charge in [0.05, 0.1) is 0 Å². The molecule has 3 fully saturated rings. The number of rotatable bonds is 4. The average molecular weight is 399 g/mol. The first-order valence-electron chi connectivity index (χ1n) is 10.7. The van der Waals surface area contributed by atoms with Crippen LogP contribution in [0.15, 0.2) is 30.3 Å². The van der Waals surface area contributed by atoms with Gasteiger partial charge in [-0.2, -0.15) is 0 Å². The highest BCUT2D eigenvalue weighted by atomic mass is 16.2. The van der Waals surface area contributed by atoms with Gasteiger partial charge in [-0.1, -0.05) is 37.3 Å². The number of carbonyl (C=O) groups is 3. The molecule has 3 saturated heterocycles. The standard InChI is InChI=1S/C22H30N4O3/c1-2-19(27)25-12-8-18(9-13-25)26-20(28)22(23-21(26)29)10-14-24(15-11-22)16-17-6-4-3-5-7-17/h3-7,18H,2,8-16H2,1H3,(H,23,29). The average Bonchev–Trinajstić information content (AvgIpc) is 2.99. The van der Waals surface area contributed by atoms with Gasteiger partial charge in [-0.3, -0.25) is 19.4 Å². The number of imide groups is 1. The van der Waals surface area contributed by atoms with Crippen molar-refractivity contribution in [2.24, 2.45) is 0 Å². The Morgan fingerprint density at radius 1 is 1.07 bits per heavy atom. The second-order valence-corrected chi connectivity index (χ2v) is 8.41. The van der Waals surface area contributed by atoms with Crippen molar-refractivity contribution in [3.8, 4) is 0 Å². The Morgan fingerprint density at radius 3 is 2.34 bits per heavy atom. The Bertz CT molecular complexity index is 766. The largest absolute Gasteiger partial charge is 0.343 e. The lowest BCUT2D eigenvalue weighted by atomic mass is 9.86. The molecule has 1 N–H and O–H groups in total. The zero-order valence-corrected chi connectivity index (χ0v) is 17.1. The molecule has 1 aromatic carbocycles. The van der Waals surface area contributed by atoms with Gasteiger partial charge >= 0.3 is 6.03 Å². The third-order valence-corrected chi connectivity index (χ3v) is 6.64. The van der Waals surface area contributed by atoms with Gasteiger partial charge in [-0.15, -0.1) is 0 Å². The van der Waals surface area contributed by atoms with Crippen molar-refractivity contribution < 1.29 is 14.4 Å². The van der Waals surface area contributed by atoms with Crippen LogP contribution in [0.25, 0.3) is 0 Å². The number of nitrogens with zero attached hydrogens (tertiary/aromatic N) is 3. The second kappa shape index (κ2) is 8.14. The minimum atomic E-state index is -0.749. The molecule has 4 amide bonds. The van der Waals surface area contributed by atoms with Crippen LogP contribution in [0, 0.1) is 0 Å². The molecule has 3 heterocycles. The third-order valence-electron chi connectivity index (χ3n) is 6.64. The number of hydrogen-bond donors (Lipinski definition) is 1. The minimum Gasteiger partial charge on any atom is -0.343 e. The molecule has 0 radical (unpaired) electrons. The monoisotopic (exact) mass is 398 g/mol. The van der Waals surface area contributed by atoms with Gasteiger partial charge in [0, 0.05) is 45.2 Å². The molecule has 7 heteroatoms. The van der Waals surface area contributed by atoms with Crippen molar-refractivity contribution in [1.82, 2.24) is 20.0 Å². The maximum atomic E-state index is 13.3. The summed E-state index contributed by atoms with van der Waals surface area (Å²) in [7, 11) is 0. The highest BCUT2D eigenvalue weighted by Gasteiger charge is 2.54. The van der Waals surface area contributed by atoms with E-state index in [4.69, 9.17) is 0 Å². The highest BCUT2D eigenvalue weighted by Crippen LogP contribution is 2.33. The molecule has 156 valence electrons. The number of nitrogens with one attached hydrogen (secondary N) is 1. The van der Waals surface area contributed by atoms with Crippen molar-refractivity contribution in [2.45, 2.75) is 57.2 Å². The van der Waals surface area contributed by atoms with Crippen LogP contribution in [0.3, 0.4) is 0 Å². The summed E-state index contributed by atoms with van der Waals surface area (Å²) in [5.74, 6) is 0.0741. The maximum Gasteiger partial charge on any atom is 0.325 e. The lowest BCUT2D eigenvalue weighted by molar-refractivity contribution is -0.136. The summed E-state index contributed by atoms with van der Waals surface area (Å²) >= 11 is 0. The van der Waals surface area contributed by atoms with E-state index in [1.807, 2.05) is 30.0 Å². The Kier molecular flexibility index (Phi) is 5.58. The Morgan fingerprint density at radius 2 is 1.72 bits per heavy atom. The van der Waals surface area contributed by atoms with Crippen LogP contribution >= 0.6 is 0 Å². The molecule has 4 rings (SSSR count). The van der Waals surface area contributed by atoms with E-state index < -0.39 is 5.54 Å². The van der Waals surface area contributed by atoms with Crippen LogP contribution in [0.1, 0.15) is 44.6 Å². The molecule has 3 aliphatic rings. The zero-order valence-electron chi connectivity index (χ0n) is 17.1. The first kappa shape index (κ1) is 19.9. The van der Waals surface area contributed by atoms with Crippen LogP contribution in [0.4, 0.5) is 4.79 Å². The van der Waals surface area contributed by atoms with Crippen LogP contribution in [0.5, 0.6) is 0 Å². The van der Waals surface area contributed by atoms with Crippen LogP contribution in [-0.2, 0) is 16.1 Å². The van der Waals surface area contributed by atoms with E-state index in [0.29, 0.717) is 45.2 Å². The summed E-state index contributed by atoms with van der Waals surface area (Å²) in [6.45, 7) is 5.54. The number of likely N-dealkylation sites (tertiary alicyclic amines) is 2. The molecule has 0 aliphatic carbocycles. The fourth-order valence-electron chi connectivity index (χ4n) is 4.84. The molecule has 29 heavy (non-hydrogen) atoms. The molecule has 0 bridgehead atoms. The van der Waals surface area contributed by atoms with Gasteiger partial charge in [0.15, 0.2) is 0 Å². The lowest BCUT2D eigenvalue weighted by Gasteiger charge is -2.38. The number of hydrogen-bond acceptors (Lipinski definition) is 4. The number of piperidine rings is 2. The van der Waals surface area contributed by atoms with Crippen molar-refractivity contribution in [3.05, 3.63) is 35.9 Å². The predicted molar refractivity (Wildman–Crippen MR) is 109 cm³/mol. The Labute approximate surface area is 172 Å². The molecule has 1 aromatic rings. The Balaban J connectivity index is 1.36. The fourth-order valence-corrected chi connectivity index (χ4v) is 4.84. The first-order chi connectivity index (χ1) is 14.0. The van der Waals surface area contributed by atoms with Crippen LogP contribution < -0.4 is 5.32 Å². The normalized spacial score (nSPS) is 22.9. The quantitative estimate of drug-likeness (QED) is 0.787. The van der Waals surface area contributed by atoms with Crippen molar-refractivity contribution in [2.75, 3.05) is 26.2 Å². The molecule has 7 nitrogen and oxygen atoms in total. The molecule has 0 saturated carbocycles. The summed E-state index contributed by atoms with van der Waals surface area (Å²) in [5.41, 5.74) is 0.515. The van der Waals surface area contributed by atoms with Gasteiger partial charge in [-0.25, -0.2) is 4.79 Å². The van der Waals surface area contributed by atoms with Crippen molar-refractivity contribution in [3.63, 3.8) is 0 Å². The predicted octanol–water partition coefficient (Wildman–Crippen LogP) is 1.97. The third kappa shape index (κ3) is 3.88. The maximum absolute atomic E-state index is 13.3. The molecule has 0 atom stereocenters. The van der Waals surface area contributed by atoms with Crippen LogP contribution in [-0.4, -0.2) is 70.3 Å². The van der Waals surface area contributed by atoms with Crippen molar-refractivity contribution >= 4 is 17.8 Å². The smallest absolute Gasteiger partial charge is 0.325 e. The van der Waals surface area contributed by atoms with Crippen molar-refractivity contribution in [1.29, 1.82) is 0 Å². The van der Waals surface area contributed by atoms with Gasteiger partial charge in [0.2, 0.25) is 5.91 Å². The molecule has 1 spiro atoms. The summed E-state index contributed by atoms with van der Waals surface area (Å²) in [5, 5.41) is 3.03. The molecular weight excluding hydrogens is 368 g/mol. The fraction of sp³-hybridized carbons (Fsp3) is 0.591. The summed E-state index contributed by atoms with van der Waals surface area (Å²) < 4.78 is 0. The SMILES string of the molecule is CCC(=O)N1CCC(N2C(=O)NC3(CCN(Cc4ccccc4)CC3)C2=O)CC1. The molecule has 0 unspecified atom stereocenters. The highest BCUT2D eigenvalue weighted by molar-refractivity contribution is 6.07. The van der Waals surface area contributed by atoms with Gasteiger partial charge in [0.25, 0.3) is 5.91 Å². The van der Waals surface area contributed by atoms with Gasteiger partial charge < -0.3 is 10.2 Å². The first-order valence-corrected chi connectivity index (χ1v) is 10.7. The summed E-state index contributed by atoms with van der Waals surface area (Å²) in [6.07, 6.45) is 3.13. The van der Waals surface area contributed by atoms with E-state index in [0.717, 1.165) is 19.6 Å². The van der Waals surface area contributed by atoms with E-state index in [-0.39, 0.29) is 23.9 Å². The van der Waals surface area contributed by atoms with Gasteiger partial charge in [-0.05, 0) is 31.2 Å². The van der Waals surface area contributed by atoms with E-state index in [2.05, 4.69) is 22.3 Å². The number of carbonyl (C=O) groups excluding carboxylic acids is 3. The number of urea groups is 1. The van der Waals surface area contributed by atoms with E-state index in [1.54, 1.807) is 0 Å². The number of amides is 4. The minimum absolute atomic E-state index is 0.0675. The molecular formula is C22H30N4O3. The zero-order chi connectivity index (χ0) is 20.4. The molecule has 0 aromatic heterocycles. The van der Waals surface area contributed by atoms with E-state index in [9.17, 15) is 14.4 Å². The Hall–Kier alpha value is -2.41.